The fraction of sp³-hybridized carbons (Fsp3) is 0.294. The molecule has 0 unspecified atom stereocenters. The van der Waals surface area contributed by atoms with Crippen molar-refractivity contribution in [3.8, 4) is 11.3 Å². The van der Waals surface area contributed by atoms with Crippen molar-refractivity contribution < 1.29 is 9.32 Å². The van der Waals surface area contributed by atoms with Gasteiger partial charge in [0.25, 0.3) is 0 Å². The van der Waals surface area contributed by atoms with Gasteiger partial charge in [0.1, 0.15) is 11.5 Å². The molecule has 0 aliphatic heterocycles. The average Bonchev–Trinajstić information content (AvgIpc) is 3.20. The lowest BCUT2D eigenvalue weighted by molar-refractivity contribution is 0.250. The third kappa shape index (κ3) is 4.03. The monoisotopic (exact) mass is 340 g/mol. The molecule has 0 aliphatic rings. The molecule has 8 nitrogen and oxygen atoms in total. The van der Waals surface area contributed by atoms with Crippen LogP contribution in [0.2, 0.25) is 0 Å². The van der Waals surface area contributed by atoms with Crippen molar-refractivity contribution in [3.05, 3.63) is 48.0 Å². The Morgan fingerprint density at radius 1 is 1.28 bits per heavy atom. The quantitative estimate of drug-likeness (QED) is 0.743. The third-order valence-corrected chi connectivity index (χ3v) is 3.57. The number of aryl methyl sites for hydroxylation is 1. The molecule has 0 saturated carbocycles. The molecule has 3 rings (SSSR count). The zero-order valence-electron chi connectivity index (χ0n) is 14.4. The molecule has 130 valence electrons. The van der Waals surface area contributed by atoms with E-state index in [1.807, 2.05) is 51.1 Å². The van der Waals surface area contributed by atoms with Crippen LogP contribution < -0.4 is 10.6 Å². The van der Waals surface area contributed by atoms with E-state index in [2.05, 4.69) is 25.9 Å². The highest BCUT2D eigenvalue weighted by Gasteiger charge is 2.12. The van der Waals surface area contributed by atoms with Gasteiger partial charge in [-0.3, -0.25) is 5.32 Å². The Kier molecular flexibility index (Phi) is 4.78. The van der Waals surface area contributed by atoms with Gasteiger partial charge < -0.3 is 9.84 Å². The summed E-state index contributed by atoms with van der Waals surface area (Å²) in [4.78, 5) is 16.2. The van der Waals surface area contributed by atoms with Crippen molar-refractivity contribution in [1.82, 2.24) is 25.2 Å². The van der Waals surface area contributed by atoms with Crippen LogP contribution in [0, 0.1) is 6.92 Å². The molecule has 0 fully saturated rings. The number of anilines is 1. The molecule has 2 amide bonds. The van der Waals surface area contributed by atoms with Crippen LogP contribution in [-0.4, -0.2) is 26.0 Å². The predicted octanol–water partition coefficient (Wildman–Crippen LogP) is 3.14. The van der Waals surface area contributed by atoms with E-state index in [9.17, 15) is 4.79 Å². The van der Waals surface area contributed by atoms with E-state index in [0.717, 1.165) is 17.1 Å². The Balaban J connectivity index is 1.56. The molecular formula is C17H20N6O2. The van der Waals surface area contributed by atoms with Gasteiger partial charge in [-0.05, 0) is 20.8 Å². The van der Waals surface area contributed by atoms with Crippen molar-refractivity contribution in [2.24, 2.45) is 0 Å². The van der Waals surface area contributed by atoms with Crippen molar-refractivity contribution in [2.75, 3.05) is 5.32 Å². The molecule has 0 aliphatic carbocycles. The maximum Gasteiger partial charge on any atom is 0.322 e. The predicted molar refractivity (Wildman–Crippen MR) is 92.9 cm³/mol. The Morgan fingerprint density at radius 2 is 2.04 bits per heavy atom. The molecule has 0 bridgehead atoms. The smallest absolute Gasteiger partial charge is 0.322 e. The number of carbonyl (C=O) groups excluding carboxylic acids is 1. The van der Waals surface area contributed by atoms with Crippen LogP contribution in [-0.2, 0) is 6.54 Å². The highest BCUT2D eigenvalue weighted by atomic mass is 16.5. The molecule has 2 N–H and O–H groups in total. The van der Waals surface area contributed by atoms with E-state index < -0.39 is 6.03 Å². The summed E-state index contributed by atoms with van der Waals surface area (Å²) in [6, 6.07) is 11.3. The lowest BCUT2D eigenvalue weighted by Gasteiger charge is -2.05. The highest BCUT2D eigenvalue weighted by molar-refractivity contribution is 5.87. The summed E-state index contributed by atoms with van der Waals surface area (Å²) in [5.74, 6) is 1.57. The molecule has 1 aromatic carbocycles. The Hall–Kier alpha value is -3.16. The minimum Gasteiger partial charge on any atom is -0.359 e. The topological polar surface area (TPSA) is 97.9 Å². The summed E-state index contributed by atoms with van der Waals surface area (Å²) in [5, 5.41) is 13.6. The minimum absolute atomic E-state index is 0.178. The van der Waals surface area contributed by atoms with Crippen LogP contribution in [0.4, 0.5) is 10.7 Å². The Morgan fingerprint density at radius 3 is 2.72 bits per heavy atom. The number of amides is 2. The average molecular weight is 340 g/mol. The zero-order chi connectivity index (χ0) is 17.8. The number of nitrogens with zero attached hydrogens (tertiary/aromatic N) is 4. The molecule has 25 heavy (non-hydrogen) atoms. The fourth-order valence-electron chi connectivity index (χ4n) is 2.40. The number of benzene rings is 1. The van der Waals surface area contributed by atoms with E-state index in [0.29, 0.717) is 5.76 Å². The number of urea groups is 1. The van der Waals surface area contributed by atoms with Crippen LogP contribution >= 0.6 is 0 Å². The normalized spacial score (nSPS) is 10.9. The molecule has 0 radical (unpaired) electrons. The SMILES string of the molecule is Cc1nc(NC(=O)NCc2cc(-c3ccccc3)no2)nn1C(C)C. The Bertz CT molecular complexity index is 853. The van der Waals surface area contributed by atoms with Crippen molar-refractivity contribution >= 4 is 12.0 Å². The second kappa shape index (κ2) is 7.16. The van der Waals surface area contributed by atoms with Crippen molar-refractivity contribution in [3.63, 3.8) is 0 Å². The Labute approximate surface area is 145 Å². The van der Waals surface area contributed by atoms with Crippen molar-refractivity contribution in [2.45, 2.75) is 33.4 Å². The number of hydrogen-bond acceptors (Lipinski definition) is 5. The van der Waals surface area contributed by atoms with E-state index in [1.54, 1.807) is 10.7 Å². The summed E-state index contributed by atoms with van der Waals surface area (Å²) in [6.45, 7) is 6.06. The number of rotatable bonds is 5. The van der Waals surface area contributed by atoms with Crippen LogP contribution in [0.15, 0.2) is 40.9 Å². The van der Waals surface area contributed by atoms with Gasteiger partial charge in [0, 0.05) is 17.7 Å². The van der Waals surface area contributed by atoms with Gasteiger partial charge in [0.05, 0.1) is 6.54 Å². The van der Waals surface area contributed by atoms with Gasteiger partial charge in [-0.1, -0.05) is 35.5 Å². The lowest BCUT2D eigenvalue weighted by atomic mass is 10.1. The summed E-state index contributed by atoms with van der Waals surface area (Å²) in [6.07, 6.45) is 0. The molecule has 8 heteroatoms. The van der Waals surface area contributed by atoms with Gasteiger partial charge in [-0.2, -0.15) is 4.98 Å². The van der Waals surface area contributed by atoms with Gasteiger partial charge in [-0.25, -0.2) is 9.48 Å². The second-order valence-electron chi connectivity index (χ2n) is 5.87. The second-order valence-corrected chi connectivity index (χ2v) is 5.87. The standard InChI is InChI=1S/C17H20N6O2/c1-11(2)23-12(3)19-16(21-23)20-17(24)18-10-14-9-15(22-25-14)13-7-5-4-6-8-13/h4-9,11H,10H2,1-3H3,(H2,18,20,21,24). The molecule has 2 aromatic heterocycles. The number of nitrogens with one attached hydrogen (secondary N) is 2. The van der Waals surface area contributed by atoms with E-state index in [4.69, 9.17) is 4.52 Å². The fourth-order valence-corrected chi connectivity index (χ4v) is 2.40. The van der Waals surface area contributed by atoms with E-state index >= 15 is 0 Å². The molecular weight excluding hydrogens is 320 g/mol. The summed E-state index contributed by atoms with van der Waals surface area (Å²) >= 11 is 0. The van der Waals surface area contributed by atoms with E-state index in [1.165, 1.54) is 0 Å². The van der Waals surface area contributed by atoms with E-state index in [-0.39, 0.29) is 18.5 Å². The van der Waals surface area contributed by atoms with Crippen LogP contribution in [0.3, 0.4) is 0 Å². The molecule has 3 aromatic rings. The first-order valence-electron chi connectivity index (χ1n) is 8.02. The highest BCUT2D eigenvalue weighted by Crippen LogP contribution is 2.18. The number of carbonyl (C=O) groups is 1. The molecule has 0 atom stereocenters. The van der Waals surface area contributed by atoms with Gasteiger partial charge in [0.15, 0.2) is 5.76 Å². The van der Waals surface area contributed by atoms with Gasteiger partial charge in [-0.15, -0.1) is 5.10 Å². The van der Waals surface area contributed by atoms with Crippen LogP contribution in [0.1, 0.15) is 31.5 Å². The van der Waals surface area contributed by atoms with Gasteiger partial charge >= 0.3 is 6.03 Å². The summed E-state index contributed by atoms with van der Waals surface area (Å²) in [7, 11) is 0. The maximum atomic E-state index is 12.0. The lowest BCUT2D eigenvalue weighted by Crippen LogP contribution is -2.28. The maximum absolute atomic E-state index is 12.0. The summed E-state index contributed by atoms with van der Waals surface area (Å²) in [5.41, 5.74) is 1.69. The molecule has 0 saturated heterocycles. The zero-order valence-corrected chi connectivity index (χ0v) is 14.4. The largest absolute Gasteiger partial charge is 0.359 e. The first kappa shape index (κ1) is 16.7. The molecule has 2 heterocycles. The minimum atomic E-state index is -0.404. The number of hydrogen-bond donors (Lipinski definition) is 2. The van der Waals surface area contributed by atoms with Crippen LogP contribution in [0.5, 0.6) is 0 Å². The first-order valence-corrected chi connectivity index (χ1v) is 8.02. The summed E-state index contributed by atoms with van der Waals surface area (Å²) < 4.78 is 6.99. The third-order valence-electron chi connectivity index (χ3n) is 3.57. The van der Waals surface area contributed by atoms with Crippen LogP contribution in [0.25, 0.3) is 11.3 Å². The van der Waals surface area contributed by atoms with Gasteiger partial charge in [0.2, 0.25) is 5.95 Å². The van der Waals surface area contributed by atoms with Crippen molar-refractivity contribution in [1.29, 1.82) is 0 Å². The first-order chi connectivity index (χ1) is 12.0. The number of aromatic nitrogens is 4. The molecule has 0 spiro atoms.